The first kappa shape index (κ1) is 17.6. The highest BCUT2D eigenvalue weighted by Gasteiger charge is 2.19. The van der Waals surface area contributed by atoms with Crippen LogP contribution in [0.25, 0.3) is 0 Å². The predicted octanol–water partition coefficient (Wildman–Crippen LogP) is 1.01. The minimum atomic E-state index is -3.44. The van der Waals surface area contributed by atoms with Crippen molar-refractivity contribution in [2.24, 2.45) is 0 Å². The molecule has 21 heavy (non-hydrogen) atoms. The van der Waals surface area contributed by atoms with Gasteiger partial charge in [0, 0.05) is 13.6 Å². The summed E-state index contributed by atoms with van der Waals surface area (Å²) in [7, 11) is -0.665. The van der Waals surface area contributed by atoms with Gasteiger partial charge in [0.25, 0.3) is 0 Å². The van der Waals surface area contributed by atoms with Crippen molar-refractivity contribution in [1.82, 2.24) is 4.31 Å². The van der Waals surface area contributed by atoms with E-state index in [1.807, 2.05) is 0 Å². The molecule has 0 aliphatic carbocycles. The summed E-state index contributed by atoms with van der Waals surface area (Å²) in [6.45, 7) is 1.88. The average molecular weight is 315 g/mol. The molecule has 1 aromatic rings. The summed E-state index contributed by atoms with van der Waals surface area (Å²) in [6.07, 6.45) is -0.154. The number of carbonyl (C=O) groups excluding carboxylic acids is 1. The lowest BCUT2D eigenvalue weighted by molar-refractivity contribution is 0.0600. The van der Waals surface area contributed by atoms with Gasteiger partial charge in [0.2, 0.25) is 10.0 Å². The molecule has 0 aromatic heterocycles. The highest BCUT2D eigenvalue weighted by Crippen LogP contribution is 2.12. The van der Waals surface area contributed by atoms with Gasteiger partial charge in [0.1, 0.15) is 0 Å². The van der Waals surface area contributed by atoms with Crippen molar-refractivity contribution < 1.29 is 23.1 Å². The summed E-state index contributed by atoms with van der Waals surface area (Å²) in [4.78, 5) is 11.3. The fraction of sp³-hybridized carbons (Fsp3) is 0.500. The lowest BCUT2D eigenvalue weighted by Gasteiger charge is -2.18. The lowest BCUT2D eigenvalue weighted by atomic mass is 10.1. The Morgan fingerprint density at radius 2 is 1.90 bits per heavy atom. The Morgan fingerprint density at radius 1 is 1.33 bits per heavy atom. The normalized spacial score (nSPS) is 13.2. The molecular formula is C14H21NO5S. The van der Waals surface area contributed by atoms with Crippen molar-refractivity contribution >= 4 is 16.0 Å². The third-order valence-electron chi connectivity index (χ3n) is 3.06. The Kier molecular flexibility index (Phi) is 6.32. The maximum absolute atomic E-state index is 12.1. The predicted molar refractivity (Wildman–Crippen MR) is 79.3 cm³/mol. The number of hydrogen-bond acceptors (Lipinski definition) is 5. The second kappa shape index (κ2) is 7.53. The Hall–Kier alpha value is -1.44. The van der Waals surface area contributed by atoms with E-state index in [0.29, 0.717) is 17.5 Å². The quantitative estimate of drug-likeness (QED) is 0.759. The van der Waals surface area contributed by atoms with Gasteiger partial charge in [-0.1, -0.05) is 12.1 Å². The van der Waals surface area contributed by atoms with Gasteiger partial charge in [-0.2, -0.15) is 0 Å². The van der Waals surface area contributed by atoms with Crippen LogP contribution in [0.15, 0.2) is 24.3 Å². The number of aliphatic hydroxyl groups excluding tert-OH is 1. The first-order chi connectivity index (χ1) is 9.76. The second-order valence-corrected chi connectivity index (χ2v) is 6.98. The van der Waals surface area contributed by atoms with Gasteiger partial charge < -0.3 is 9.84 Å². The van der Waals surface area contributed by atoms with E-state index in [0.717, 1.165) is 0 Å². The highest BCUT2D eigenvalue weighted by atomic mass is 32.2. The van der Waals surface area contributed by atoms with E-state index in [1.165, 1.54) is 30.6 Å². The number of esters is 1. The molecule has 0 aliphatic heterocycles. The first-order valence-electron chi connectivity index (χ1n) is 6.55. The van der Waals surface area contributed by atoms with Gasteiger partial charge in [0.15, 0.2) is 0 Å². The number of aliphatic hydroxyl groups is 1. The molecule has 1 N–H and O–H groups in total. The van der Waals surface area contributed by atoms with E-state index >= 15 is 0 Å². The summed E-state index contributed by atoms with van der Waals surface area (Å²) in [5.41, 5.74) is 0.965. The lowest BCUT2D eigenvalue weighted by Crippen LogP contribution is -2.30. The minimum absolute atomic E-state index is 0.148. The summed E-state index contributed by atoms with van der Waals surface area (Å²) in [5.74, 6) is -0.608. The van der Waals surface area contributed by atoms with Gasteiger partial charge in [0.05, 0.1) is 24.5 Å². The van der Waals surface area contributed by atoms with E-state index in [4.69, 9.17) is 0 Å². The molecule has 0 amide bonds. The maximum Gasteiger partial charge on any atom is 0.337 e. The zero-order chi connectivity index (χ0) is 16.0. The molecular weight excluding hydrogens is 294 g/mol. The van der Waals surface area contributed by atoms with Crippen LogP contribution < -0.4 is 0 Å². The molecule has 0 bridgehead atoms. The topological polar surface area (TPSA) is 83.9 Å². The van der Waals surface area contributed by atoms with Crippen LogP contribution in [-0.2, 0) is 20.5 Å². The zero-order valence-corrected chi connectivity index (χ0v) is 13.3. The van der Waals surface area contributed by atoms with Crippen molar-refractivity contribution in [2.45, 2.75) is 25.2 Å². The second-order valence-electron chi connectivity index (χ2n) is 4.90. The maximum atomic E-state index is 12.1. The molecule has 1 unspecified atom stereocenters. The van der Waals surface area contributed by atoms with Crippen LogP contribution in [0.5, 0.6) is 0 Å². The summed E-state index contributed by atoms with van der Waals surface area (Å²) >= 11 is 0. The standard InChI is InChI=1S/C14H21NO5S/c1-11(16)8-9-15(2)21(18,19)10-12-4-6-13(7-5-12)14(17)20-3/h4-7,11,16H,8-10H2,1-3H3. The fourth-order valence-electron chi connectivity index (χ4n) is 1.68. The Balaban J connectivity index is 2.73. The van der Waals surface area contributed by atoms with Crippen LogP contribution in [0.4, 0.5) is 0 Å². The number of ether oxygens (including phenoxy) is 1. The van der Waals surface area contributed by atoms with Crippen LogP contribution in [0.3, 0.4) is 0 Å². The van der Waals surface area contributed by atoms with E-state index in [2.05, 4.69) is 4.74 Å². The molecule has 0 radical (unpaired) electrons. The van der Waals surface area contributed by atoms with E-state index < -0.39 is 22.1 Å². The van der Waals surface area contributed by atoms with Crippen LogP contribution in [0.2, 0.25) is 0 Å². The number of hydrogen-bond donors (Lipinski definition) is 1. The van der Waals surface area contributed by atoms with Crippen LogP contribution in [0.1, 0.15) is 29.3 Å². The first-order valence-corrected chi connectivity index (χ1v) is 8.16. The number of carbonyl (C=O) groups is 1. The minimum Gasteiger partial charge on any atom is -0.465 e. The summed E-state index contributed by atoms with van der Waals surface area (Å²) in [6, 6.07) is 6.25. The molecule has 0 saturated carbocycles. The number of methoxy groups -OCH3 is 1. The van der Waals surface area contributed by atoms with Crippen LogP contribution >= 0.6 is 0 Å². The van der Waals surface area contributed by atoms with E-state index in [-0.39, 0.29) is 12.3 Å². The van der Waals surface area contributed by atoms with Crippen molar-refractivity contribution in [1.29, 1.82) is 0 Å². The third-order valence-corrected chi connectivity index (χ3v) is 4.89. The van der Waals surface area contributed by atoms with Crippen molar-refractivity contribution in [3.8, 4) is 0 Å². The smallest absolute Gasteiger partial charge is 0.337 e. The highest BCUT2D eigenvalue weighted by molar-refractivity contribution is 7.88. The van der Waals surface area contributed by atoms with Gasteiger partial charge in [-0.05, 0) is 31.0 Å². The number of benzene rings is 1. The molecule has 6 nitrogen and oxygen atoms in total. The zero-order valence-electron chi connectivity index (χ0n) is 12.4. The molecule has 1 aromatic carbocycles. The van der Waals surface area contributed by atoms with E-state index in [1.54, 1.807) is 19.1 Å². The Bertz CT molecular complexity index is 566. The third kappa shape index (κ3) is 5.45. The summed E-state index contributed by atoms with van der Waals surface area (Å²) in [5, 5.41) is 9.20. The molecule has 0 fully saturated rings. The molecule has 0 heterocycles. The molecule has 1 rings (SSSR count). The van der Waals surface area contributed by atoms with Crippen LogP contribution in [-0.4, -0.2) is 50.6 Å². The number of rotatable bonds is 7. The largest absolute Gasteiger partial charge is 0.465 e. The number of nitrogens with zero attached hydrogens (tertiary/aromatic N) is 1. The Morgan fingerprint density at radius 3 is 2.38 bits per heavy atom. The van der Waals surface area contributed by atoms with Crippen molar-refractivity contribution in [3.05, 3.63) is 35.4 Å². The monoisotopic (exact) mass is 315 g/mol. The molecule has 0 spiro atoms. The van der Waals surface area contributed by atoms with Crippen LogP contribution in [0, 0.1) is 0 Å². The SMILES string of the molecule is COC(=O)c1ccc(CS(=O)(=O)N(C)CCC(C)O)cc1. The van der Waals surface area contributed by atoms with E-state index in [9.17, 15) is 18.3 Å². The summed E-state index contributed by atoms with van der Waals surface area (Å²) < 4.78 is 30.1. The number of sulfonamides is 1. The van der Waals surface area contributed by atoms with Gasteiger partial charge in [-0.3, -0.25) is 0 Å². The van der Waals surface area contributed by atoms with Gasteiger partial charge in [-0.15, -0.1) is 0 Å². The van der Waals surface area contributed by atoms with Crippen molar-refractivity contribution in [2.75, 3.05) is 20.7 Å². The molecule has 118 valence electrons. The molecule has 0 aliphatic rings. The average Bonchev–Trinajstić information content (AvgIpc) is 2.44. The fourth-order valence-corrected chi connectivity index (χ4v) is 2.90. The molecule has 7 heteroatoms. The van der Waals surface area contributed by atoms with Gasteiger partial charge in [-0.25, -0.2) is 17.5 Å². The molecule has 0 saturated heterocycles. The molecule has 1 atom stereocenters. The van der Waals surface area contributed by atoms with Crippen molar-refractivity contribution in [3.63, 3.8) is 0 Å². The van der Waals surface area contributed by atoms with Gasteiger partial charge >= 0.3 is 5.97 Å². The Labute approximate surface area is 125 Å².